The average molecular weight is 247 g/mol. The smallest absolute Gasteiger partial charge is 0.211 e. The van der Waals surface area contributed by atoms with Crippen LogP contribution in [0.3, 0.4) is 0 Å². The van der Waals surface area contributed by atoms with E-state index in [0.717, 1.165) is 5.56 Å². The lowest BCUT2D eigenvalue weighted by atomic mass is 10.4. The number of aromatic nitrogens is 2. The highest BCUT2D eigenvalue weighted by Gasteiger charge is 2.09. The summed E-state index contributed by atoms with van der Waals surface area (Å²) in [6, 6.07) is 0. The Balaban J connectivity index is 2.36. The normalized spacial score (nSPS) is 11.9. The lowest BCUT2D eigenvalue weighted by Crippen LogP contribution is -2.25. The lowest BCUT2D eigenvalue weighted by molar-refractivity contribution is 0.287. The average Bonchev–Trinajstić information content (AvgIpc) is 2.62. The number of nitrogens with one attached hydrogen (secondary N) is 1. The molecule has 1 aromatic rings. The van der Waals surface area contributed by atoms with E-state index in [2.05, 4.69) is 9.82 Å². The number of aliphatic hydroxyl groups is 1. The Morgan fingerprint density at radius 3 is 2.81 bits per heavy atom. The van der Waals surface area contributed by atoms with E-state index in [4.69, 9.17) is 5.11 Å². The molecule has 0 saturated carbocycles. The molecule has 0 bridgehead atoms. The van der Waals surface area contributed by atoms with Gasteiger partial charge in [0.05, 0.1) is 11.9 Å². The Kier molecular flexibility index (Phi) is 4.91. The van der Waals surface area contributed by atoms with Crippen LogP contribution in [-0.4, -0.2) is 35.7 Å². The minimum atomic E-state index is -3.24. The molecule has 0 saturated heterocycles. The molecule has 16 heavy (non-hydrogen) atoms. The maximum atomic E-state index is 11.5. The first-order valence-corrected chi connectivity index (χ1v) is 6.74. The van der Waals surface area contributed by atoms with E-state index in [0.29, 0.717) is 12.8 Å². The summed E-state index contributed by atoms with van der Waals surface area (Å²) >= 11 is 0. The molecule has 0 aliphatic heterocycles. The van der Waals surface area contributed by atoms with Crippen molar-refractivity contribution < 1.29 is 13.5 Å². The van der Waals surface area contributed by atoms with Crippen LogP contribution in [0.4, 0.5) is 0 Å². The number of nitrogens with zero attached hydrogens (tertiary/aromatic N) is 2. The standard InChI is InChI=1S/C9H17N3O3S/c1-12-8-9(6-10-12)7-11-16(14,15)5-3-2-4-13/h6,8,11,13H,2-5,7H2,1H3. The van der Waals surface area contributed by atoms with Crippen LogP contribution in [-0.2, 0) is 23.6 Å². The topological polar surface area (TPSA) is 84.2 Å². The highest BCUT2D eigenvalue weighted by Crippen LogP contribution is 1.99. The van der Waals surface area contributed by atoms with Crippen LogP contribution in [0.15, 0.2) is 12.4 Å². The molecule has 0 radical (unpaired) electrons. The van der Waals surface area contributed by atoms with Crippen molar-refractivity contribution in [2.24, 2.45) is 7.05 Å². The predicted octanol–water partition coefficient (Wildman–Crippen LogP) is -0.388. The zero-order chi connectivity index (χ0) is 12.0. The fourth-order valence-electron chi connectivity index (χ4n) is 1.23. The van der Waals surface area contributed by atoms with Gasteiger partial charge in [0.25, 0.3) is 0 Å². The quantitative estimate of drug-likeness (QED) is 0.643. The van der Waals surface area contributed by atoms with Crippen LogP contribution in [0.2, 0.25) is 0 Å². The fraction of sp³-hybridized carbons (Fsp3) is 0.667. The van der Waals surface area contributed by atoms with E-state index in [9.17, 15) is 8.42 Å². The third-order valence-electron chi connectivity index (χ3n) is 2.08. The highest BCUT2D eigenvalue weighted by molar-refractivity contribution is 7.89. The zero-order valence-electron chi connectivity index (χ0n) is 9.26. The van der Waals surface area contributed by atoms with Gasteiger partial charge in [0.1, 0.15) is 0 Å². The van der Waals surface area contributed by atoms with Crippen molar-refractivity contribution in [3.05, 3.63) is 18.0 Å². The number of sulfonamides is 1. The van der Waals surface area contributed by atoms with Crippen LogP contribution in [0.5, 0.6) is 0 Å². The second-order valence-electron chi connectivity index (χ2n) is 3.59. The van der Waals surface area contributed by atoms with Gasteiger partial charge in [-0.1, -0.05) is 0 Å². The summed E-state index contributed by atoms with van der Waals surface area (Å²) in [7, 11) is -1.46. The van der Waals surface area contributed by atoms with E-state index in [-0.39, 0.29) is 18.9 Å². The van der Waals surface area contributed by atoms with Crippen LogP contribution in [0.1, 0.15) is 18.4 Å². The Morgan fingerprint density at radius 2 is 2.25 bits per heavy atom. The summed E-state index contributed by atoms with van der Waals surface area (Å²) in [6.07, 6.45) is 4.36. The SMILES string of the molecule is Cn1cc(CNS(=O)(=O)CCCCO)cn1. The number of aliphatic hydroxyl groups excluding tert-OH is 1. The van der Waals surface area contributed by atoms with Gasteiger partial charge >= 0.3 is 0 Å². The Labute approximate surface area is 95.3 Å². The Bertz CT molecular complexity index is 413. The van der Waals surface area contributed by atoms with Gasteiger partial charge in [0.15, 0.2) is 0 Å². The summed E-state index contributed by atoms with van der Waals surface area (Å²) in [5.41, 5.74) is 0.827. The number of rotatable bonds is 7. The van der Waals surface area contributed by atoms with Gasteiger partial charge < -0.3 is 5.11 Å². The molecule has 0 unspecified atom stereocenters. The van der Waals surface area contributed by atoms with Crippen molar-refractivity contribution in [1.29, 1.82) is 0 Å². The minimum Gasteiger partial charge on any atom is -0.396 e. The maximum Gasteiger partial charge on any atom is 0.211 e. The van der Waals surface area contributed by atoms with Crippen LogP contribution in [0.25, 0.3) is 0 Å². The van der Waals surface area contributed by atoms with Crippen LogP contribution >= 0.6 is 0 Å². The Morgan fingerprint density at radius 1 is 1.50 bits per heavy atom. The lowest BCUT2D eigenvalue weighted by Gasteiger charge is -2.04. The van der Waals surface area contributed by atoms with E-state index in [1.54, 1.807) is 24.1 Å². The summed E-state index contributed by atoms with van der Waals surface area (Å²) in [6.45, 7) is 0.285. The first kappa shape index (κ1) is 13.1. The highest BCUT2D eigenvalue weighted by atomic mass is 32.2. The molecule has 1 aromatic heterocycles. The van der Waals surface area contributed by atoms with Crippen molar-refractivity contribution in [2.75, 3.05) is 12.4 Å². The molecular formula is C9H17N3O3S. The molecule has 2 N–H and O–H groups in total. The molecule has 6 nitrogen and oxygen atoms in total. The van der Waals surface area contributed by atoms with Gasteiger partial charge in [0, 0.05) is 32.0 Å². The molecule has 0 aliphatic rings. The van der Waals surface area contributed by atoms with E-state index >= 15 is 0 Å². The van der Waals surface area contributed by atoms with E-state index in [1.165, 1.54) is 0 Å². The van der Waals surface area contributed by atoms with E-state index in [1.807, 2.05) is 0 Å². The molecule has 1 rings (SSSR count). The van der Waals surface area contributed by atoms with Crippen molar-refractivity contribution in [2.45, 2.75) is 19.4 Å². The summed E-state index contributed by atoms with van der Waals surface area (Å²) in [5.74, 6) is 0.0494. The summed E-state index contributed by atoms with van der Waals surface area (Å²) in [5, 5.41) is 12.5. The number of aryl methyl sites for hydroxylation is 1. The molecular weight excluding hydrogens is 230 g/mol. The molecule has 0 aliphatic carbocycles. The molecule has 1 heterocycles. The van der Waals surface area contributed by atoms with Gasteiger partial charge in [-0.25, -0.2) is 13.1 Å². The second kappa shape index (κ2) is 5.97. The monoisotopic (exact) mass is 247 g/mol. The molecule has 0 spiro atoms. The molecule has 0 amide bonds. The van der Waals surface area contributed by atoms with Crippen molar-refractivity contribution in [3.63, 3.8) is 0 Å². The van der Waals surface area contributed by atoms with Gasteiger partial charge in [0.2, 0.25) is 10.0 Å². The van der Waals surface area contributed by atoms with Crippen molar-refractivity contribution in [3.8, 4) is 0 Å². The first-order chi connectivity index (χ1) is 7.53. The Hall–Kier alpha value is -0.920. The minimum absolute atomic E-state index is 0.0259. The van der Waals surface area contributed by atoms with Crippen LogP contribution in [0, 0.1) is 0 Å². The van der Waals surface area contributed by atoms with Gasteiger partial charge in [-0.3, -0.25) is 4.68 Å². The molecule has 92 valence electrons. The summed E-state index contributed by atoms with van der Waals surface area (Å²) < 4.78 is 27.0. The number of unbranched alkanes of at least 4 members (excludes halogenated alkanes) is 1. The van der Waals surface area contributed by atoms with Gasteiger partial charge in [-0.2, -0.15) is 5.10 Å². The zero-order valence-corrected chi connectivity index (χ0v) is 10.1. The number of hydrogen-bond acceptors (Lipinski definition) is 4. The first-order valence-electron chi connectivity index (χ1n) is 5.09. The second-order valence-corrected chi connectivity index (χ2v) is 5.52. The van der Waals surface area contributed by atoms with Crippen LogP contribution < -0.4 is 4.72 Å². The van der Waals surface area contributed by atoms with Crippen molar-refractivity contribution in [1.82, 2.24) is 14.5 Å². The van der Waals surface area contributed by atoms with Gasteiger partial charge in [-0.15, -0.1) is 0 Å². The largest absolute Gasteiger partial charge is 0.396 e. The van der Waals surface area contributed by atoms with E-state index < -0.39 is 10.0 Å². The molecule has 0 atom stereocenters. The van der Waals surface area contributed by atoms with Crippen molar-refractivity contribution >= 4 is 10.0 Å². The third-order valence-corrected chi connectivity index (χ3v) is 3.49. The molecule has 0 fully saturated rings. The number of hydrogen-bond donors (Lipinski definition) is 2. The predicted molar refractivity (Wildman–Crippen MR) is 60.2 cm³/mol. The molecule has 0 aromatic carbocycles. The summed E-state index contributed by atoms with van der Waals surface area (Å²) in [4.78, 5) is 0. The molecule has 7 heteroatoms. The maximum absolute atomic E-state index is 11.5. The third kappa shape index (κ3) is 4.73. The fourth-order valence-corrected chi connectivity index (χ4v) is 2.35. The van der Waals surface area contributed by atoms with Gasteiger partial charge in [-0.05, 0) is 12.8 Å².